The monoisotopic (exact) mass is 413 g/mol. The summed E-state index contributed by atoms with van der Waals surface area (Å²) in [5, 5.41) is 2.97. The topological polar surface area (TPSA) is 88.1 Å². The van der Waals surface area contributed by atoms with Crippen molar-refractivity contribution >= 4 is 21.6 Å². The summed E-state index contributed by atoms with van der Waals surface area (Å²) in [7, 11) is -1.84. The maximum absolute atomic E-state index is 12.8. The summed E-state index contributed by atoms with van der Waals surface area (Å²) in [6, 6.07) is 16.4. The van der Waals surface area contributed by atoms with E-state index in [-0.39, 0.29) is 11.7 Å². The minimum atomic E-state index is -3.42. The van der Waals surface area contributed by atoms with Crippen molar-refractivity contribution in [1.82, 2.24) is 9.62 Å². The Morgan fingerprint density at radius 2 is 1.83 bits per heavy atom. The van der Waals surface area contributed by atoms with Crippen LogP contribution in [0, 0.1) is 0 Å². The lowest BCUT2D eigenvalue weighted by Gasteiger charge is -2.36. The van der Waals surface area contributed by atoms with Crippen LogP contribution in [-0.2, 0) is 20.6 Å². The molecule has 1 spiro atoms. The molecule has 8 heteroatoms. The zero-order chi connectivity index (χ0) is 20.5. The summed E-state index contributed by atoms with van der Waals surface area (Å²) in [4.78, 5) is 17.2. The van der Waals surface area contributed by atoms with Gasteiger partial charge in [-0.1, -0.05) is 42.5 Å². The summed E-state index contributed by atoms with van der Waals surface area (Å²) >= 11 is 0. The van der Waals surface area contributed by atoms with Gasteiger partial charge in [0, 0.05) is 31.5 Å². The molecule has 7 nitrogen and oxygen atoms in total. The van der Waals surface area contributed by atoms with Crippen LogP contribution in [0.2, 0.25) is 0 Å². The average Bonchev–Trinajstić information content (AvgIpc) is 3.04. The molecule has 1 N–H and O–H groups in total. The Bertz CT molecular complexity index is 1040. The van der Waals surface area contributed by atoms with Gasteiger partial charge >= 0.3 is 0 Å². The lowest BCUT2D eigenvalue weighted by Crippen LogP contribution is -2.52. The van der Waals surface area contributed by atoms with Crippen LogP contribution in [0.4, 0.5) is 0 Å². The summed E-state index contributed by atoms with van der Waals surface area (Å²) < 4.78 is 32.3. The van der Waals surface area contributed by atoms with E-state index in [0.717, 1.165) is 5.56 Å². The number of carbonyl (C=O) groups is 1. The smallest absolute Gasteiger partial charge is 0.272 e. The lowest BCUT2D eigenvalue weighted by molar-refractivity contribution is -0.115. The molecule has 152 valence electrons. The Morgan fingerprint density at radius 3 is 2.52 bits per heavy atom. The third-order valence-corrected chi connectivity index (χ3v) is 7.22. The van der Waals surface area contributed by atoms with E-state index in [2.05, 4.69) is 10.3 Å². The summed E-state index contributed by atoms with van der Waals surface area (Å²) in [5.41, 5.74) is 1.08. The number of aliphatic imine (C=N–C) groups is 1. The van der Waals surface area contributed by atoms with E-state index in [9.17, 15) is 13.2 Å². The van der Waals surface area contributed by atoms with E-state index in [1.54, 1.807) is 13.2 Å². The maximum atomic E-state index is 12.8. The summed E-state index contributed by atoms with van der Waals surface area (Å²) in [6.07, 6.45) is 0.889. The predicted octanol–water partition coefficient (Wildman–Crippen LogP) is 1.94. The molecule has 0 unspecified atom stereocenters. The molecule has 0 aromatic heterocycles. The average molecular weight is 413 g/mol. The quantitative estimate of drug-likeness (QED) is 0.811. The molecule has 1 saturated heterocycles. The lowest BCUT2D eigenvalue weighted by atomic mass is 10.00. The predicted molar refractivity (Wildman–Crippen MR) is 110 cm³/mol. The molecule has 0 bridgehead atoms. The van der Waals surface area contributed by atoms with E-state index in [1.165, 1.54) is 4.31 Å². The fourth-order valence-electron chi connectivity index (χ4n) is 3.78. The van der Waals surface area contributed by atoms with Crippen LogP contribution in [0.1, 0.15) is 24.0 Å². The highest BCUT2D eigenvalue weighted by molar-refractivity contribution is 7.88. The molecule has 2 aromatic rings. The number of amides is 1. The van der Waals surface area contributed by atoms with Gasteiger partial charge in [-0.15, -0.1) is 0 Å². The number of nitrogens with one attached hydrogen (secondary N) is 1. The van der Waals surface area contributed by atoms with Crippen molar-refractivity contribution in [2.45, 2.75) is 24.3 Å². The first-order chi connectivity index (χ1) is 13.9. The van der Waals surface area contributed by atoms with Gasteiger partial charge in [-0.2, -0.15) is 0 Å². The second-order valence-electron chi connectivity index (χ2n) is 7.32. The Labute approximate surface area is 170 Å². The van der Waals surface area contributed by atoms with Crippen LogP contribution in [0.5, 0.6) is 5.75 Å². The molecule has 0 aliphatic carbocycles. The number of hydrogen-bond donors (Lipinski definition) is 1. The number of benzene rings is 2. The van der Waals surface area contributed by atoms with Gasteiger partial charge in [-0.05, 0) is 17.7 Å². The van der Waals surface area contributed by atoms with Gasteiger partial charge in [-0.3, -0.25) is 9.79 Å². The molecule has 2 aliphatic heterocycles. The van der Waals surface area contributed by atoms with Crippen molar-refractivity contribution in [3.05, 3.63) is 65.7 Å². The second-order valence-corrected chi connectivity index (χ2v) is 9.29. The van der Waals surface area contributed by atoms with Crippen molar-refractivity contribution < 1.29 is 17.9 Å². The van der Waals surface area contributed by atoms with Crippen LogP contribution in [0.15, 0.2) is 59.6 Å². The van der Waals surface area contributed by atoms with Crippen LogP contribution in [-0.4, -0.2) is 50.2 Å². The number of hydrogen-bond acceptors (Lipinski definition) is 5. The Morgan fingerprint density at radius 1 is 1.10 bits per heavy atom. The molecule has 2 aromatic carbocycles. The van der Waals surface area contributed by atoms with Crippen molar-refractivity contribution in [2.24, 2.45) is 4.99 Å². The van der Waals surface area contributed by atoms with E-state index in [0.29, 0.717) is 43.0 Å². The van der Waals surface area contributed by atoms with Crippen molar-refractivity contribution in [3.8, 4) is 5.75 Å². The normalized spacial score (nSPS) is 19.1. The van der Waals surface area contributed by atoms with Crippen LogP contribution >= 0.6 is 0 Å². The Balaban J connectivity index is 1.48. The van der Waals surface area contributed by atoms with E-state index < -0.39 is 15.7 Å². The molecule has 1 amide bonds. The molecule has 2 heterocycles. The van der Waals surface area contributed by atoms with Gasteiger partial charge in [0.1, 0.15) is 17.1 Å². The van der Waals surface area contributed by atoms with Crippen molar-refractivity contribution in [1.29, 1.82) is 0 Å². The zero-order valence-electron chi connectivity index (χ0n) is 16.2. The fourth-order valence-corrected chi connectivity index (χ4v) is 5.31. The molecule has 29 heavy (non-hydrogen) atoms. The number of nitrogens with zero attached hydrogens (tertiary/aromatic N) is 2. The zero-order valence-corrected chi connectivity index (χ0v) is 17.0. The first-order valence-electron chi connectivity index (χ1n) is 9.49. The number of carbonyl (C=O) groups excluding carboxylic acids is 1. The van der Waals surface area contributed by atoms with E-state index in [1.807, 2.05) is 48.5 Å². The highest BCUT2D eigenvalue weighted by Gasteiger charge is 2.44. The SMILES string of the molecule is COc1cccc(C2=NC3(CCN(S(=O)(=O)Cc4ccccc4)CC3)NC2=O)c1. The Kier molecular flexibility index (Phi) is 5.14. The minimum absolute atomic E-state index is 0.0223. The third-order valence-electron chi connectivity index (χ3n) is 5.37. The second kappa shape index (κ2) is 7.61. The fraction of sp³-hybridized carbons (Fsp3) is 0.333. The number of rotatable bonds is 5. The molecule has 0 radical (unpaired) electrons. The van der Waals surface area contributed by atoms with Gasteiger partial charge in [0.05, 0.1) is 12.9 Å². The Hall–Kier alpha value is -2.71. The van der Waals surface area contributed by atoms with Gasteiger partial charge in [0.15, 0.2) is 0 Å². The number of ether oxygens (including phenoxy) is 1. The molecule has 0 saturated carbocycles. The first-order valence-corrected chi connectivity index (χ1v) is 11.1. The van der Waals surface area contributed by atoms with Gasteiger partial charge in [-0.25, -0.2) is 12.7 Å². The number of methoxy groups -OCH3 is 1. The number of piperidine rings is 1. The van der Waals surface area contributed by atoms with Gasteiger partial charge < -0.3 is 10.1 Å². The van der Waals surface area contributed by atoms with Crippen molar-refractivity contribution in [2.75, 3.05) is 20.2 Å². The van der Waals surface area contributed by atoms with E-state index >= 15 is 0 Å². The molecular formula is C21H23N3O4S. The molecule has 4 rings (SSSR count). The van der Waals surface area contributed by atoms with Crippen LogP contribution < -0.4 is 10.1 Å². The summed E-state index contributed by atoms with van der Waals surface area (Å²) in [6.45, 7) is 0.647. The first kappa shape index (κ1) is 19.6. The van der Waals surface area contributed by atoms with Crippen LogP contribution in [0.3, 0.4) is 0 Å². The molecule has 0 atom stereocenters. The van der Waals surface area contributed by atoms with Gasteiger partial charge in [0.25, 0.3) is 5.91 Å². The standard InChI is InChI=1S/C21H23N3O4S/c1-28-18-9-5-8-17(14-18)19-20(25)23-21(22-19)10-12-24(13-11-21)29(26,27)15-16-6-3-2-4-7-16/h2-9,14H,10-13,15H2,1H3,(H,23,25). The highest BCUT2D eigenvalue weighted by atomic mass is 32.2. The van der Waals surface area contributed by atoms with Crippen LogP contribution in [0.25, 0.3) is 0 Å². The van der Waals surface area contributed by atoms with E-state index in [4.69, 9.17) is 4.74 Å². The molecule has 2 aliphatic rings. The van der Waals surface area contributed by atoms with Crippen molar-refractivity contribution in [3.63, 3.8) is 0 Å². The number of sulfonamides is 1. The minimum Gasteiger partial charge on any atom is -0.497 e. The maximum Gasteiger partial charge on any atom is 0.272 e. The highest BCUT2D eigenvalue weighted by Crippen LogP contribution is 2.31. The van der Waals surface area contributed by atoms with Gasteiger partial charge in [0.2, 0.25) is 10.0 Å². The third kappa shape index (κ3) is 4.04. The largest absolute Gasteiger partial charge is 0.497 e. The molecular weight excluding hydrogens is 390 g/mol. The molecule has 1 fully saturated rings. The summed E-state index contributed by atoms with van der Waals surface area (Å²) in [5.74, 6) is 0.394.